The van der Waals surface area contributed by atoms with Crippen molar-refractivity contribution in [3.63, 3.8) is 0 Å². The maximum Gasteiger partial charge on any atom is 0.315 e. The van der Waals surface area contributed by atoms with Crippen LogP contribution in [0.25, 0.3) is 0 Å². The number of esters is 1. The van der Waals surface area contributed by atoms with Crippen LogP contribution in [0.5, 0.6) is 0 Å². The molecule has 1 atom stereocenters. The maximum atomic E-state index is 13.0. The van der Waals surface area contributed by atoms with E-state index in [4.69, 9.17) is 27.9 Å². The highest BCUT2D eigenvalue weighted by Gasteiger charge is 2.69. The minimum atomic E-state index is -1.18. The van der Waals surface area contributed by atoms with E-state index >= 15 is 0 Å². The van der Waals surface area contributed by atoms with Crippen LogP contribution in [-0.4, -0.2) is 22.8 Å². The van der Waals surface area contributed by atoms with Crippen molar-refractivity contribution in [2.45, 2.75) is 17.7 Å². The molecule has 0 aliphatic heterocycles. The molecule has 2 rings (SSSR count). The van der Waals surface area contributed by atoms with Gasteiger partial charge in [0.25, 0.3) is 5.91 Å². The van der Waals surface area contributed by atoms with Gasteiger partial charge in [0.15, 0.2) is 18.2 Å². The summed E-state index contributed by atoms with van der Waals surface area (Å²) in [6.07, 6.45) is 0.243. The molecule has 1 amide bonds. The second-order valence-electron chi connectivity index (χ2n) is 4.97. The van der Waals surface area contributed by atoms with E-state index in [-0.39, 0.29) is 12.1 Å². The van der Waals surface area contributed by atoms with Gasteiger partial charge in [-0.15, -0.1) is 23.2 Å². The van der Waals surface area contributed by atoms with E-state index in [1.165, 1.54) is 13.0 Å². The van der Waals surface area contributed by atoms with Gasteiger partial charge in [0, 0.05) is 18.2 Å². The number of benzene rings is 1. The molecule has 1 aromatic carbocycles. The molecule has 0 radical (unpaired) electrons. The van der Waals surface area contributed by atoms with Crippen LogP contribution in [0.3, 0.4) is 0 Å². The fraction of sp³-hybridized carbons (Fsp3) is 0.385. The molecule has 21 heavy (non-hydrogen) atoms. The van der Waals surface area contributed by atoms with Crippen LogP contribution in [0.15, 0.2) is 18.2 Å². The predicted molar refractivity (Wildman–Crippen MR) is 73.1 cm³/mol. The highest BCUT2D eigenvalue weighted by molar-refractivity contribution is 6.53. The van der Waals surface area contributed by atoms with Gasteiger partial charge >= 0.3 is 5.97 Å². The Morgan fingerprint density at radius 1 is 1.33 bits per heavy atom. The molecule has 1 fully saturated rings. The summed E-state index contributed by atoms with van der Waals surface area (Å²) >= 11 is 11.6. The molecule has 1 N–H and O–H groups in total. The van der Waals surface area contributed by atoms with Crippen LogP contribution in [0, 0.1) is 17.0 Å². The molecule has 1 aromatic rings. The molecule has 0 unspecified atom stereocenters. The first kappa shape index (κ1) is 16.0. The van der Waals surface area contributed by atoms with Crippen LogP contribution in [-0.2, 0) is 14.3 Å². The van der Waals surface area contributed by atoms with E-state index < -0.39 is 39.9 Å². The Hall–Kier alpha value is -1.40. The lowest BCUT2D eigenvalue weighted by atomic mass is 10.1. The average Bonchev–Trinajstić information content (AvgIpc) is 2.91. The monoisotopic (exact) mass is 337 g/mol. The molecular formula is C13H11Cl2F2NO3. The standard InChI is InChI=1S/C13H11Cl2F2NO3/c1-12(6-13(12,14)15)11(20)21-5-10(19)18-7-2-3-8(16)9(17)4-7/h2-4H,5-6H2,1H3,(H,18,19)/t12-/m0/s1. The topological polar surface area (TPSA) is 55.4 Å². The summed E-state index contributed by atoms with van der Waals surface area (Å²) in [7, 11) is 0. The van der Waals surface area contributed by atoms with Crippen molar-refractivity contribution < 1.29 is 23.1 Å². The Balaban J connectivity index is 1.85. The lowest BCUT2D eigenvalue weighted by Crippen LogP contribution is -2.26. The molecule has 4 nitrogen and oxygen atoms in total. The molecule has 1 aliphatic carbocycles. The van der Waals surface area contributed by atoms with Crippen molar-refractivity contribution in [1.82, 2.24) is 0 Å². The third-order valence-corrected chi connectivity index (χ3v) is 4.35. The van der Waals surface area contributed by atoms with Crippen LogP contribution in [0.4, 0.5) is 14.5 Å². The number of rotatable bonds is 4. The van der Waals surface area contributed by atoms with Gasteiger partial charge in [0.05, 0.1) is 0 Å². The van der Waals surface area contributed by atoms with Gasteiger partial charge in [-0.1, -0.05) is 0 Å². The summed E-state index contributed by atoms with van der Waals surface area (Å²) in [6, 6.07) is 2.88. The number of carbonyl (C=O) groups is 2. The first-order valence-corrected chi connectivity index (χ1v) is 6.71. The lowest BCUT2D eigenvalue weighted by molar-refractivity contribution is -0.152. The molecule has 8 heteroatoms. The summed E-state index contributed by atoms with van der Waals surface area (Å²) in [4.78, 5) is 23.3. The first-order valence-electron chi connectivity index (χ1n) is 5.96. The minimum Gasteiger partial charge on any atom is -0.455 e. The number of nitrogens with one attached hydrogen (secondary N) is 1. The highest BCUT2D eigenvalue weighted by Crippen LogP contribution is 2.64. The van der Waals surface area contributed by atoms with Crippen LogP contribution >= 0.6 is 23.2 Å². The first-order chi connectivity index (χ1) is 9.65. The highest BCUT2D eigenvalue weighted by atomic mass is 35.5. The fourth-order valence-corrected chi connectivity index (χ4v) is 2.37. The summed E-state index contributed by atoms with van der Waals surface area (Å²) in [5.41, 5.74) is -0.977. The molecule has 0 spiro atoms. The normalized spacial score (nSPS) is 22.5. The zero-order valence-corrected chi connectivity index (χ0v) is 12.4. The number of halogens is 4. The van der Waals surface area contributed by atoms with E-state index in [0.29, 0.717) is 0 Å². The molecule has 0 aromatic heterocycles. The third kappa shape index (κ3) is 3.27. The summed E-state index contributed by atoms with van der Waals surface area (Å²) in [5.74, 6) is -3.49. The van der Waals surface area contributed by atoms with Gasteiger partial charge < -0.3 is 10.1 Å². The molecule has 0 heterocycles. The number of anilines is 1. The van der Waals surface area contributed by atoms with E-state index in [0.717, 1.165) is 12.1 Å². The molecular weight excluding hydrogens is 327 g/mol. The molecule has 114 valence electrons. The summed E-state index contributed by atoms with van der Waals surface area (Å²) < 4.78 is 29.3. The van der Waals surface area contributed by atoms with Crippen molar-refractivity contribution in [3.8, 4) is 0 Å². The van der Waals surface area contributed by atoms with Crippen molar-refractivity contribution in [2.24, 2.45) is 5.41 Å². The number of hydrogen-bond donors (Lipinski definition) is 1. The Morgan fingerprint density at radius 3 is 2.48 bits per heavy atom. The lowest BCUT2D eigenvalue weighted by Gasteiger charge is -2.11. The molecule has 1 aliphatic rings. The Kier molecular flexibility index (Phi) is 4.13. The fourth-order valence-electron chi connectivity index (χ4n) is 1.68. The second-order valence-corrected chi connectivity index (χ2v) is 6.45. The smallest absolute Gasteiger partial charge is 0.315 e. The van der Waals surface area contributed by atoms with Crippen LogP contribution < -0.4 is 5.32 Å². The number of amides is 1. The van der Waals surface area contributed by atoms with Gasteiger partial charge in [-0.05, 0) is 19.1 Å². The zero-order valence-electron chi connectivity index (χ0n) is 10.9. The van der Waals surface area contributed by atoms with Crippen molar-refractivity contribution >= 4 is 40.8 Å². The van der Waals surface area contributed by atoms with Crippen LogP contribution in [0.1, 0.15) is 13.3 Å². The van der Waals surface area contributed by atoms with Crippen LogP contribution in [0.2, 0.25) is 0 Å². The summed E-state index contributed by atoms with van der Waals surface area (Å²) in [5, 5.41) is 2.27. The molecule has 1 saturated carbocycles. The zero-order chi connectivity index (χ0) is 15.8. The second kappa shape index (κ2) is 5.42. The Bertz CT molecular complexity index is 609. The van der Waals surface area contributed by atoms with Gasteiger partial charge in [0.1, 0.15) is 9.75 Å². The molecule has 0 bridgehead atoms. The largest absolute Gasteiger partial charge is 0.455 e. The average molecular weight is 338 g/mol. The van der Waals surface area contributed by atoms with Crippen molar-refractivity contribution in [1.29, 1.82) is 0 Å². The molecule has 0 saturated heterocycles. The van der Waals surface area contributed by atoms with Crippen molar-refractivity contribution in [2.75, 3.05) is 11.9 Å². The van der Waals surface area contributed by atoms with Gasteiger partial charge in [-0.3, -0.25) is 9.59 Å². The Labute approximate surface area is 129 Å². The van der Waals surface area contributed by atoms with Gasteiger partial charge in [0.2, 0.25) is 0 Å². The maximum absolute atomic E-state index is 13.0. The number of alkyl halides is 2. The number of carbonyl (C=O) groups excluding carboxylic acids is 2. The quantitative estimate of drug-likeness (QED) is 0.678. The number of hydrogen-bond acceptors (Lipinski definition) is 3. The van der Waals surface area contributed by atoms with E-state index in [9.17, 15) is 18.4 Å². The predicted octanol–water partition coefficient (Wildman–Crippen LogP) is 3.03. The minimum absolute atomic E-state index is 0.0524. The summed E-state index contributed by atoms with van der Waals surface area (Å²) in [6.45, 7) is 0.958. The number of ether oxygens (including phenoxy) is 1. The van der Waals surface area contributed by atoms with E-state index in [1.54, 1.807) is 0 Å². The van der Waals surface area contributed by atoms with E-state index in [1.807, 2.05) is 0 Å². The van der Waals surface area contributed by atoms with Gasteiger partial charge in [-0.25, -0.2) is 8.78 Å². The van der Waals surface area contributed by atoms with Crippen molar-refractivity contribution in [3.05, 3.63) is 29.8 Å². The van der Waals surface area contributed by atoms with Gasteiger partial charge in [-0.2, -0.15) is 0 Å². The Morgan fingerprint density at radius 2 is 1.95 bits per heavy atom. The third-order valence-electron chi connectivity index (χ3n) is 3.25. The van der Waals surface area contributed by atoms with E-state index in [2.05, 4.69) is 5.32 Å². The SMILES string of the molecule is C[C@@]1(C(=O)OCC(=O)Nc2ccc(F)c(F)c2)CC1(Cl)Cl.